The van der Waals surface area contributed by atoms with E-state index < -0.39 is 0 Å². The summed E-state index contributed by atoms with van der Waals surface area (Å²) in [6, 6.07) is 10.6. The summed E-state index contributed by atoms with van der Waals surface area (Å²) in [4.78, 5) is 27.0. The second-order valence-corrected chi connectivity index (χ2v) is 4.18. The van der Waals surface area contributed by atoms with E-state index in [4.69, 9.17) is 0 Å². The molecule has 19 heavy (non-hydrogen) atoms. The number of rotatable bonds is 3. The molecule has 98 valence electrons. The normalized spacial score (nSPS) is 10.2. The fraction of sp³-hybridized carbons (Fsp3) is 0.143. The molecule has 1 N–H and O–H groups in total. The van der Waals surface area contributed by atoms with Crippen LogP contribution in [-0.2, 0) is 6.54 Å². The maximum absolute atomic E-state index is 13.5. The molecule has 1 heterocycles. The van der Waals surface area contributed by atoms with Crippen LogP contribution in [0, 0.1) is 5.82 Å². The lowest BCUT2D eigenvalue weighted by molar-refractivity contribution is 0.0777. The van der Waals surface area contributed by atoms with Crippen molar-refractivity contribution in [3.8, 4) is 0 Å². The van der Waals surface area contributed by atoms with Gasteiger partial charge in [-0.3, -0.25) is 9.59 Å². The van der Waals surface area contributed by atoms with Crippen LogP contribution in [0.5, 0.6) is 0 Å². The molecule has 1 aromatic heterocycles. The van der Waals surface area contributed by atoms with Gasteiger partial charge in [0.05, 0.1) is 0 Å². The van der Waals surface area contributed by atoms with Crippen LogP contribution in [0.2, 0.25) is 0 Å². The fourth-order valence-corrected chi connectivity index (χ4v) is 1.73. The van der Waals surface area contributed by atoms with Crippen LogP contribution in [-0.4, -0.2) is 22.8 Å². The quantitative estimate of drug-likeness (QED) is 0.914. The number of aromatic nitrogens is 1. The van der Waals surface area contributed by atoms with Crippen LogP contribution in [0.1, 0.15) is 16.1 Å². The predicted octanol–water partition coefficient (Wildman–Crippen LogP) is 1.79. The Hall–Kier alpha value is -2.43. The number of carbonyl (C=O) groups is 1. The van der Waals surface area contributed by atoms with Crippen molar-refractivity contribution in [3.05, 3.63) is 69.9 Å². The van der Waals surface area contributed by atoms with Gasteiger partial charge < -0.3 is 9.88 Å². The van der Waals surface area contributed by atoms with Gasteiger partial charge in [-0.05, 0) is 12.1 Å². The summed E-state index contributed by atoms with van der Waals surface area (Å²) in [6.45, 7) is 0.141. The highest BCUT2D eigenvalue weighted by atomic mass is 19.1. The van der Waals surface area contributed by atoms with Crippen LogP contribution >= 0.6 is 0 Å². The van der Waals surface area contributed by atoms with Crippen LogP contribution in [0.3, 0.4) is 0 Å². The summed E-state index contributed by atoms with van der Waals surface area (Å²) in [5.74, 6) is -0.718. The molecule has 0 spiro atoms. The van der Waals surface area contributed by atoms with Gasteiger partial charge in [0.25, 0.3) is 5.91 Å². The number of amides is 1. The highest BCUT2D eigenvalue weighted by molar-refractivity contribution is 5.91. The topological polar surface area (TPSA) is 53.2 Å². The minimum absolute atomic E-state index is 0.141. The van der Waals surface area contributed by atoms with E-state index in [1.54, 1.807) is 25.2 Å². The Balaban J connectivity index is 2.16. The molecule has 1 amide bonds. The number of pyridine rings is 1. The highest BCUT2D eigenvalue weighted by Crippen LogP contribution is 2.10. The smallest absolute Gasteiger partial charge is 0.270 e. The molecule has 4 nitrogen and oxygen atoms in total. The number of nitrogens with zero attached hydrogens (tertiary/aromatic N) is 1. The zero-order chi connectivity index (χ0) is 13.8. The third-order valence-electron chi connectivity index (χ3n) is 2.71. The molecule has 0 unspecified atom stereocenters. The summed E-state index contributed by atoms with van der Waals surface area (Å²) in [6.07, 6.45) is 0. The van der Waals surface area contributed by atoms with Crippen LogP contribution < -0.4 is 5.56 Å². The Morgan fingerprint density at radius 2 is 1.95 bits per heavy atom. The minimum atomic E-state index is -0.360. The Kier molecular flexibility index (Phi) is 3.75. The standard InChI is InChI=1S/C14H13FN2O2/c1-17(9-10-5-2-3-6-11(10)15)14(19)12-7-4-8-13(18)16-12/h2-8H,9H2,1H3,(H,16,18). The van der Waals surface area contributed by atoms with Crippen molar-refractivity contribution >= 4 is 5.91 Å². The first-order valence-corrected chi connectivity index (χ1v) is 5.76. The first kappa shape index (κ1) is 13.0. The van der Waals surface area contributed by atoms with E-state index in [1.807, 2.05) is 0 Å². The van der Waals surface area contributed by atoms with Crippen LogP contribution in [0.15, 0.2) is 47.3 Å². The third-order valence-corrected chi connectivity index (χ3v) is 2.71. The van der Waals surface area contributed by atoms with Gasteiger partial charge >= 0.3 is 0 Å². The average Bonchev–Trinajstić information content (AvgIpc) is 2.40. The lowest BCUT2D eigenvalue weighted by atomic mass is 10.2. The van der Waals surface area contributed by atoms with Gasteiger partial charge in [0.2, 0.25) is 5.56 Å². The molecule has 0 radical (unpaired) electrons. The number of aromatic amines is 1. The van der Waals surface area contributed by atoms with E-state index in [-0.39, 0.29) is 29.5 Å². The molecule has 0 atom stereocenters. The SMILES string of the molecule is CN(Cc1ccccc1F)C(=O)c1cccc(=O)[nH]1. The van der Waals surface area contributed by atoms with E-state index in [0.717, 1.165) is 0 Å². The van der Waals surface area contributed by atoms with Crippen molar-refractivity contribution < 1.29 is 9.18 Å². The molecule has 0 saturated heterocycles. The molecular weight excluding hydrogens is 247 g/mol. The van der Waals surface area contributed by atoms with Gasteiger partial charge in [-0.25, -0.2) is 4.39 Å². The zero-order valence-electron chi connectivity index (χ0n) is 10.4. The number of hydrogen-bond acceptors (Lipinski definition) is 2. The van der Waals surface area contributed by atoms with Crippen LogP contribution in [0.4, 0.5) is 4.39 Å². The van der Waals surface area contributed by atoms with Gasteiger partial charge in [0, 0.05) is 25.2 Å². The third kappa shape index (κ3) is 3.07. The summed E-state index contributed by atoms with van der Waals surface area (Å²) >= 11 is 0. The lowest BCUT2D eigenvalue weighted by Crippen LogP contribution is -2.28. The van der Waals surface area contributed by atoms with Crippen molar-refractivity contribution in [1.29, 1.82) is 0 Å². The minimum Gasteiger partial charge on any atom is -0.336 e. The number of halogens is 1. The molecule has 1 aromatic carbocycles. The number of H-pyrrole nitrogens is 1. The van der Waals surface area contributed by atoms with E-state index in [1.165, 1.54) is 29.2 Å². The molecule has 0 aliphatic carbocycles. The van der Waals surface area contributed by atoms with E-state index in [2.05, 4.69) is 4.98 Å². The molecule has 0 bridgehead atoms. The van der Waals surface area contributed by atoms with Gasteiger partial charge in [0.15, 0.2) is 0 Å². The van der Waals surface area contributed by atoms with E-state index in [0.29, 0.717) is 5.56 Å². The first-order valence-electron chi connectivity index (χ1n) is 5.76. The van der Waals surface area contributed by atoms with E-state index in [9.17, 15) is 14.0 Å². The zero-order valence-corrected chi connectivity index (χ0v) is 10.4. The Morgan fingerprint density at radius 1 is 1.21 bits per heavy atom. The average molecular weight is 260 g/mol. The lowest BCUT2D eigenvalue weighted by Gasteiger charge is -2.17. The maximum atomic E-state index is 13.5. The molecule has 2 rings (SSSR count). The highest BCUT2D eigenvalue weighted by Gasteiger charge is 2.14. The monoisotopic (exact) mass is 260 g/mol. The predicted molar refractivity (Wildman–Crippen MR) is 69.3 cm³/mol. The van der Waals surface area contributed by atoms with Gasteiger partial charge in [0.1, 0.15) is 11.5 Å². The fourth-order valence-electron chi connectivity index (χ4n) is 1.73. The Morgan fingerprint density at radius 3 is 2.63 bits per heavy atom. The molecular formula is C14H13FN2O2. The van der Waals surface area contributed by atoms with E-state index >= 15 is 0 Å². The summed E-state index contributed by atoms with van der Waals surface area (Å²) < 4.78 is 13.5. The Bertz CT molecular complexity index is 652. The van der Waals surface area contributed by atoms with Gasteiger partial charge in [-0.15, -0.1) is 0 Å². The second kappa shape index (κ2) is 5.48. The summed E-state index contributed by atoms with van der Waals surface area (Å²) in [5.41, 5.74) is 0.271. The van der Waals surface area contributed by atoms with Crippen molar-refractivity contribution in [2.45, 2.75) is 6.54 Å². The number of hydrogen-bond donors (Lipinski definition) is 1. The summed E-state index contributed by atoms with van der Waals surface area (Å²) in [7, 11) is 1.56. The van der Waals surface area contributed by atoms with Crippen LogP contribution in [0.25, 0.3) is 0 Å². The second-order valence-electron chi connectivity index (χ2n) is 4.18. The van der Waals surface area contributed by atoms with Crippen molar-refractivity contribution in [1.82, 2.24) is 9.88 Å². The Labute approximate surface area is 109 Å². The van der Waals surface area contributed by atoms with Crippen molar-refractivity contribution in [3.63, 3.8) is 0 Å². The van der Waals surface area contributed by atoms with Crippen molar-refractivity contribution in [2.75, 3.05) is 7.05 Å². The molecule has 0 fully saturated rings. The molecule has 0 aliphatic heterocycles. The number of nitrogens with one attached hydrogen (secondary N) is 1. The maximum Gasteiger partial charge on any atom is 0.270 e. The first-order chi connectivity index (χ1) is 9.08. The molecule has 2 aromatic rings. The van der Waals surface area contributed by atoms with Gasteiger partial charge in [-0.1, -0.05) is 24.3 Å². The largest absolute Gasteiger partial charge is 0.336 e. The van der Waals surface area contributed by atoms with Crippen molar-refractivity contribution in [2.24, 2.45) is 0 Å². The molecule has 0 aliphatic rings. The molecule has 0 saturated carbocycles. The summed E-state index contributed by atoms with van der Waals surface area (Å²) in [5, 5.41) is 0. The number of carbonyl (C=O) groups excluding carboxylic acids is 1. The van der Waals surface area contributed by atoms with Gasteiger partial charge in [-0.2, -0.15) is 0 Å². The molecule has 5 heteroatoms. The number of benzene rings is 1.